The van der Waals surface area contributed by atoms with Crippen LogP contribution in [0.2, 0.25) is 0 Å². The first kappa shape index (κ1) is 23.5. The van der Waals surface area contributed by atoms with Crippen LogP contribution in [0.25, 0.3) is 10.9 Å². The summed E-state index contributed by atoms with van der Waals surface area (Å²) in [6, 6.07) is 13.3. The quantitative estimate of drug-likeness (QED) is 0.283. The van der Waals surface area contributed by atoms with E-state index in [4.69, 9.17) is 10.3 Å². The highest BCUT2D eigenvalue weighted by Gasteiger charge is 2.43. The number of aliphatic hydroxyl groups is 1. The molecular weight excluding hydrogens is 430 g/mol. The van der Waals surface area contributed by atoms with Gasteiger partial charge in [0, 0.05) is 35.9 Å². The molecule has 1 atom stereocenters. The number of carbonyl (C=O) groups is 1. The van der Waals surface area contributed by atoms with E-state index in [1.54, 1.807) is 10.9 Å². The smallest absolute Gasteiger partial charge is 0.264 e. The summed E-state index contributed by atoms with van der Waals surface area (Å²) >= 11 is 0. The normalized spacial score (nSPS) is 13.2. The number of rotatable bonds is 7. The second kappa shape index (κ2) is 9.53. The van der Waals surface area contributed by atoms with Gasteiger partial charge in [-0.2, -0.15) is 5.10 Å². The van der Waals surface area contributed by atoms with Crippen molar-refractivity contribution in [3.05, 3.63) is 65.4 Å². The van der Waals surface area contributed by atoms with Gasteiger partial charge in [-0.15, -0.1) is 0 Å². The van der Waals surface area contributed by atoms with Crippen LogP contribution in [0.3, 0.4) is 0 Å². The molecule has 3 rings (SSSR count). The van der Waals surface area contributed by atoms with Crippen LogP contribution in [0.5, 0.6) is 0 Å². The van der Waals surface area contributed by atoms with Crippen molar-refractivity contribution < 1.29 is 23.5 Å². The number of hydrogen-bond donors (Lipinski definition) is 3. The number of carbonyl (C=O) groups excluding carboxylic acids is 1. The largest absolute Gasteiger partial charge is 0.396 e. The summed E-state index contributed by atoms with van der Waals surface area (Å²) in [7, 11) is -3.77. The summed E-state index contributed by atoms with van der Waals surface area (Å²) in [6.45, 7) is 1.57. The van der Waals surface area contributed by atoms with E-state index in [9.17, 15) is 13.2 Å². The number of aromatic nitrogens is 2. The number of hydrogen-bond acceptors (Lipinski definition) is 6. The molecule has 0 saturated carbocycles. The van der Waals surface area contributed by atoms with Crippen LogP contribution in [0, 0.1) is 11.8 Å². The molecule has 9 heteroatoms. The molecule has 168 valence electrons. The maximum Gasteiger partial charge on any atom is 0.264 e. The number of nitrogens with zero attached hydrogens (tertiary/aromatic N) is 2. The SMILES string of the molecule is C[C@@](CCn1ncc2cc(C#Cc3ccc(CCO)cc3)ccc21)(C(=O)NO)S(C)(=O)=O. The molecule has 0 spiro atoms. The molecule has 32 heavy (non-hydrogen) atoms. The first-order chi connectivity index (χ1) is 15.2. The zero-order valence-corrected chi connectivity index (χ0v) is 18.7. The Hall–Kier alpha value is -3.19. The van der Waals surface area contributed by atoms with Crippen molar-refractivity contribution in [2.45, 2.75) is 31.1 Å². The molecule has 3 aromatic rings. The molecular formula is C23H25N3O5S. The van der Waals surface area contributed by atoms with E-state index in [1.807, 2.05) is 42.5 Å². The van der Waals surface area contributed by atoms with Crippen molar-refractivity contribution >= 4 is 26.6 Å². The molecule has 3 N–H and O–H groups in total. The van der Waals surface area contributed by atoms with E-state index < -0.39 is 20.5 Å². The molecule has 1 aromatic heterocycles. The van der Waals surface area contributed by atoms with Crippen molar-refractivity contribution in [3.8, 4) is 11.8 Å². The van der Waals surface area contributed by atoms with Crippen molar-refractivity contribution in [2.24, 2.45) is 0 Å². The summed E-state index contributed by atoms with van der Waals surface area (Å²) < 4.78 is 24.1. The standard InChI is InChI=1S/C23H25N3O5S/c1-23(22(28)25-29,32(2,30)31)12-13-26-21-10-9-19(15-20(21)16-24-26)8-7-17-3-5-18(6-4-17)11-14-27/h3-6,9-10,15-16,27,29H,11-14H2,1-2H3,(H,25,28)/t23-/m1/s1. The molecule has 8 nitrogen and oxygen atoms in total. The van der Waals surface area contributed by atoms with E-state index in [0.717, 1.165) is 33.8 Å². The predicted molar refractivity (Wildman–Crippen MR) is 121 cm³/mol. The number of amides is 1. The van der Waals surface area contributed by atoms with Crippen LogP contribution in [-0.2, 0) is 27.6 Å². The molecule has 1 amide bonds. The Balaban J connectivity index is 1.79. The number of aryl methyl sites for hydroxylation is 1. The fraction of sp³-hybridized carbons (Fsp3) is 0.304. The third-order valence-electron chi connectivity index (χ3n) is 5.55. The zero-order chi connectivity index (χ0) is 23.4. The number of hydroxylamine groups is 1. The fourth-order valence-electron chi connectivity index (χ4n) is 3.28. The first-order valence-electron chi connectivity index (χ1n) is 9.99. The average molecular weight is 456 g/mol. The molecule has 2 aromatic carbocycles. The minimum atomic E-state index is -3.77. The number of sulfone groups is 1. The van der Waals surface area contributed by atoms with Gasteiger partial charge in [0.1, 0.15) is 0 Å². The average Bonchev–Trinajstić information content (AvgIpc) is 3.18. The van der Waals surface area contributed by atoms with Gasteiger partial charge in [0.05, 0.1) is 11.7 Å². The summed E-state index contributed by atoms with van der Waals surface area (Å²) in [5.74, 6) is 5.25. The number of benzene rings is 2. The highest BCUT2D eigenvalue weighted by molar-refractivity contribution is 7.92. The second-order valence-corrected chi connectivity index (χ2v) is 10.2. The molecule has 0 aliphatic heterocycles. The second-order valence-electron chi connectivity index (χ2n) is 7.76. The maximum atomic E-state index is 12.1. The molecule has 0 aliphatic rings. The lowest BCUT2D eigenvalue weighted by atomic mass is 10.1. The van der Waals surface area contributed by atoms with Crippen molar-refractivity contribution in [1.29, 1.82) is 0 Å². The van der Waals surface area contributed by atoms with Gasteiger partial charge in [-0.05, 0) is 55.7 Å². The Bertz CT molecular complexity index is 1290. The Morgan fingerprint density at radius 2 is 1.81 bits per heavy atom. The van der Waals surface area contributed by atoms with Crippen LogP contribution in [0.1, 0.15) is 30.0 Å². The van der Waals surface area contributed by atoms with E-state index in [2.05, 4.69) is 16.9 Å². The topological polar surface area (TPSA) is 122 Å². The van der Waals surface area contributed by atoms with Crippen LogP contribution < -0.4 is 5.48 Å². The molecule has 0 saturated heterocycles. The summed E-state index contributed by atoms with van der Waals surface area (Å²) in [5, 5.41) is 23.1. The number of nitrogens with one attached hydrogen (secondary N) is 1. The third kappa shape index (κ3) is 4.99. The van der Waals surface area contributed by atoms with Gasteiger partial charge >= 0.3 is 0 Å². The molecule has 0 unspecified atom stereocenters. The first-order valence-corrected chi connectivity index (χ1v) is 11.9. The number of fused-ring (bicyclic) bond motifs is 1. The monoisotopic (exact) mass is 455 g/mol. The zero-order valence-electron chi connectivity index (χ0n) is 17.9. The van der Waals surface area contributed by atoms with Crippen LogP contribution in [0.15, 0.2) is 48.7 Å². The van der Waals surface area contributed by atoms with Crippen molar-refractivity contribution in [3.63, 3.8) is 0 Å². The van der Waals surface area contributed by atoms with E-state index in [0.29, 0.717) is 6.42 Å². The van der Waals surface area contributed by atoms with Crippen LogP contribution in [0.4, 0.5) is 0 Å². The fourth-order valence-corrected chi connectivity index (χ4v) is 4.12. The van der Waals surface area contributed by atoms with Gasteiger partial charge in [0.15, 0.2) is 14.6 Å². The van der Waals surface area contributed by atoms with Crippen molar-refractivity contribution in [2.75, 3.05) is 12.9 Å². The van der Waals surface area contributed by atoms with E-state index >= 15 is 0 Å². The third-order valence-corrected chi connectivity index (χ3v) is 7.57. The molecule has 0 aliphatic carbocycles. The predicted octanol–water partition coefficient (Wildman–Crippen LogP) is 1.67. The molecule has 0 fully saturated rings. The minimum absolute atomic E-state index is 0.0527. The van der Waals surface area contributed by atoms with Crippen LogP contribution in [-0.4, -0.2) is 52.0 Å². The van der Waals surface area contributed by atoms with Crippen molar-refractivity contribution in [1.82, 2.24) is 15.3 Å². The van der Waals surface area contributed by atoms with Gasteiger partial charge in [0.25, 0.3) is 5.91 Å². The molecule has 0 radical (unpaired) electrons. The number of aliphatic hydroxyl groups excluding tert-OH is 1. The van der Waals surface area contributed by atoms with Gasteiger partial charge in [-0.3, -0.25) is 14.7 Å². The molecule has 1 heterocycles. The highest BCUT2D eigenvalue weighted by atomic mass is 32.2. The lowest BCUT2D eigenvalue weighted by molar-refractivity contribution is -0.131. The lowest BCUT2D eigenvalue weighted by Gasteiger charge is -2.25. The van der Waals surface area contributed by atoms with Gasteiger partial charge in [0.2, 0.25) is 0 Å². The minimum Gasteiger partial charge on any atom is -0.396 e. The van der Waals surface area contributed by atoms with E-state index in [-0.39, 0.29) is 19.6 Å². The Labute approximate surface area is 186 Å². The lowest BCUT2D eigenvalue weighted by Crippen LogP contribution is -2.49. The Morgan fingerprint density at radius 3 is 2.44 bits per heavy atom. The maximum absolute atomic E-state index is 12.1. The van der Waals surface area contributed by atoms with Gasteiger partial charge in [-0.1, -0.05) is 24.0 Å². The van der Waals surface area contributed by atoms with Gasteiger partial charge in [-0.25, -0.2) is 13.9 Å². The Kier molecular flexibility index (Phi) is 6.99. The Morgan fingerprint density at radius 1 is 1.16 bits per heavy atom. The molecule has 0 bridgehead atoms. The highest BCUT2D eigenvalue weighted by Crippen LogP contribution is 2.24. The van der Waals surface area contributed by atoms with Crippen LogP contribution >= 0.6 is 0 Å². The summed E-state index contributed by atoms with van der Waals surface area (Å²) in [6.07, 6.45) is 3.19. The van der Waals surface area contributed by atoms with E-state index in [1.165, 1.54) is 12.4 Å². The van der Waals surface area contributed by atoms with Gasteiger partial charge < -0.3 is 5.11 Å². The summed E-state index contributed by atoms with van der Waals surface area (Å²) in [4.78, 5) is 12.0. The summed E-state index contributed by atoms with van der Waals surface area (Å²) in [5.41, 5.74) is 4.95.